The van der Waals surface area contributed by atoms with Crippen LogP contribution in [0.5, 0.6) is 5.75 Å². The van der Waals surface area contributed by atoms with Gasteiger partial charge in [-0.2, -0.15) is 5.26 Å². The van der Waals surface area contributed by atoms with Crippen LogP contribution in [0.1, 0.15) is 11.4 Å². The van der Waals surface area contributed by atoms with Gasteiger partial charge in [0.2, 0.25) is 0 Å². The Hall–Kier alpha value is -2.13. The average Bonchev–Trinajstić information content (AvgIpc) is 2.36. The maximum atomic E-state index is 11.3. The van der Waals surface area contributed by atoms with Crippen molar-refractivity contribution in [1.82, 2.24) is 15.6 Å². The van der Waals surface area contributed by atoms with Crippen LogP contribution >= 0.6 is 0 Å². The number of aromatic nitrogens is 1. The molecule has 18 heavy (non-hydrogen) atoms. The van der Waals surface area contributed by atoms with E-state index in [9.17, 15) is 4.79 Å². The first-order valence-electron chi connectivity index (χ1n) is 5.55. The van der Waals surface area contributed by atoms with Crippen LogP contribution in [-0.4, -0.2) is 31.1 Å². The van der Waals surface area contributed by atoms with Gasteiger partial charge in [0, 0.05) is 12.2 Å². The van der Waals surface area contributed by atoms with Gasteiger partial charge in [-0.25, -0.2) is 0 Å². The molecule has 6 heteroatoms. The molecule has 1 rings (SSSR count). The highest BCUT2D eigenvalue weighted by Crippen LogP contribution is 2.16. The molecule has 0 spiro atoms. The molecule has 0 fully saturated rings. The second kappa shape index (κ2) is 7.25. The number of carbonyl (C=O) groups is 1. The van der Waals surface area contributed by atoms with Gasteiger partial charge < -0.3 is 15.4 Å². The molecule has 0 atom stereocenters. The van der Waals surface area contributed by atoms with Gasteiger partial charge in [0.15, 0.2) is 6.61 Å². The van der Waals surface area contributed by atoms with Crippen LogP contribution in [0.4, 0.5) is 0 Å². The zero-order chi connectivity index (χ0) is 13.4. The summed E-state index contributed by atoms with van der Waals surface area (Å²) in [5.74, 6) is 0.245. The molecule has 0 aliphatic heterocycles. The Balaban J connectivity index is 2.61. The number of nitriles is 1. The molecular weight excluding hydrogens is 232 g/mol. The van der Waals surface area contributed by atoms with Gasteiger partial charge in [0.25, 0.3) is 5.91 Å². The van der Waals surface area contributed by atoms with E-state index in [1.807, 2.05) is 26.1 Å². The van der Waals surface area contributed by atoms with Crippen LogP contribution in [0.25, 0.3) is 0 Å². The van der Waals surface area contributed by atoms with E-state index in [4.69, 9.17) is 10.00 Å². The predicted octanol–water partition coefficient (Wildman–Crippen LogP) is 0.128. The first kappa shape index (κ1) is 13.9. The Morgan fingerprint density at radius 3 is 3.00 bits per heavy atom. The van der Waals surface area contributed by atoms with Gasteiger partial charge >= 0.3 is 0 Å². The highest BCUT2D eigenvalue weighted by molar-refractivity contribution is 5.77. The zero-order valence-electron chi connectivity index (χ0n) is 10.5. The third-order valence-electron chi connectivity index (χ3n) is 2.14. The Bertz CT molecular complexity index is 454. The van der Waals surface area contributed by atoms with E-state index < -0.39 is 0 Å². The Labute approximate surface area is 106 Å². The lowest BCUT2D eigenvalue weighted by Crippen LogP contribution is -2.29. The van der Waals surface area contributed by atoms with Crippen molar-refractivity contribution in [2.24, 2.45) is 0 Å². The van der Waals surface area contributed by atoms with Crippen molar-refractivity contribution in [1.29, 1.82) is 5.26 Å². The summed E-state index contributed by atoms with van der Waals surface area (Å²) < 4.78 is 5.38. The van der Waals surface area contributed by atoms with Crippen molar-refractivity contribution >= 4 is 5.91 Å². The molecule has 0 radical (unpaired) electrons. The summed E-state index contributed by atoms with van der Waals surface area (Å²) >= 11 is 0. The number of nitrogens with one attached hydrogen (secondary N) is 2. The van der Waals surface area contributed by atoms with Gasteiger partial charge in [-0.15, -0.1) is 0 Å². The monoisotopic (exact) mass is 248 g/mol. The number of rotatable bonds is 6. The standard InChI is InChI=1S/C12H16N4O2/c1-9-3-4-11(10(16-9)7-14-2)18-8-12(17)15-6-5-13/h3-4,14H,6-8H2,1-2H3,(H,15,17). The molecule has 0 saturated heterocycles. The van der Waals surface area contributed by atoms with E-state index in [0.717, 1.165) is 11.4 Å². The molecule has 0 bridgehead atoms. The van der Waals surface area contributed by atoms with Gasteiger partial charge in [-0.3, -0.25) is 9.78 Å². The third kappa shape index (κ3) is 4.39. The average molecular weight is 248 g/mol. The second-order valence-corrected chi connectivity index (χ2v) is 3.65. The number of amides is 1. The smallest absolute Gasteiger partial charge is 0.258 e. The van der Waals surface area contributed by atoms with Crippen molar-refractivity contribution in [3.05, 3.63) is 23.5 Å². The van der Waals surface area contributed by atoms with Crippen LogP contribution in [0.2, 0.25) is 0 Å². The quantitative estimate of drug-likeness (QED) is 0.699. The van der Waals surface area contributed by atoms with E-state index in [0.29, 0.717) is 12.3 Å². The highest BCUT2D eigenvalue weighted by atomic mass is 16.5. The molecule has 6 nitrogen and oxygen atoms in total. The van der Waals surface area contributed by atoms with E-state index in [-0.39, 0.29) is 19.1 Å². The first-order valence-corrected chi connectivity index (χ1v) is 5.55. The molecule has 1 heterocycles. The Kier molecular flexibility index (Phi) is 5.61. The van der Waals surface area contributed by atoms with Crippen LogP contribution in [0.3, 0.4) is 0 Å². The largest absolute Gasteiger partial charge is 0.482 e. The van der Waals surface area contributed by atoms with Crippen molar-refractivity contribution in [3.8, 4) is 11.8 Å². The number of ether oxygens (including phenoxy) is 1. The summed E-state index contributed by atoms with van der Waals surface area (Å²) in [6, 6.07) is 5.43. The summed E-state index contributed by atoms with van der Waals surface area (Å²) in [5, 5.41) is 13.7. The molecule has 0 aliphatic carbocycles. The lowest BCUT2D eigenvalue weighted by atomic mass is 10.3. The van der Waals surface area contributed by atoms with Crippen molar-refractivity contribution in [3.63, 3.8) is 0 Å². The molecule has 1 amide bonds. The minimum absolute atomic E-state index is 0.0162. The van der Waals surface area contributed by atoms with E-state index in [1.54, 1.807) is 6.07 Å². The fourth-order valence-electron chi connectivity index (χ4n) is 1.36. The first-order chi connectivity index (χ1) is 8.67. The van der Waals surface area contributed by atoms with Crippen LogP contribution in [-0.2, 0) is 11.3 Å². The molecule has 1 aromatic rings. The van der Waals surface area contributed by atoms with Crippen molar-refractivity contribution in [2.45, 2.75) is 13.5 Å². The number of aryl methyl sites for hydroxylation is 1. The highest BCUT2D eigenvalue weighted by Gasteiger charge is 2.07. The molecule has 96 valence electrons. The lowest BCUT2D eigenvalue weighted by molar-refractivity contribution is -0.122. The van der Waals surface area contributed by atoms with Gasteiger partial charge in [0.05, 0.1) is 11.8 Å². The molecule has 2 N–H and O–H groups in total. The molecule has 1 aromatic heterocycles. The SMILES string of the molecule is CNCc1nc(C)ccc1OCC(=O)NCC#N. The van der Waals surface area contributed by atoms with Gasteiger partial charge in [-0.05, 0) is 26.1 Å². The van der Waals surface area contributed by atoms with E-state index >= 15 is 0 Å². The van der Waals surface area contributed by atoms with Gasteiger partial charge in [0.1, 0.15) is 12.3 Å². The van der Waals surface area contributed by atoms with Crippen molar-refractivity contribution < 1.29 is 9.53 Å². The lowest BCUT2D eigenvalue weighted by Gasteiger charge is -2.10. The number of hydrogen-bond acceptors (Lipinski definition) is 5. The summed E-state index contributed by atoms with van der Waals surface area (Å²) in [5.41, 5.74) is 1.65. The molecule has 0 saturated carbocycles. The van der Waals surface area contributed by atoms with Crippen LogP contribution in [0, 0.1) is 18.3 Å². The fourth-order valence-corrected chi connectivity index (χ4v) is 1.36. The van der Waals surface area contributed by atoms with Gasteiger partial charge in [-0.1, -0.05) is 0 Å². The number of carbonyl (C=O) groups excluding carboxylic acids is 1. The summed E-state index contributed by atoms with van der Waals surface area (Å²) in [7, 11) is 1.81. The van der Waals surface area contributed by atoms with Crippen LogP contribution in [0.15, 0.2) is 12.1 Å². The molecular formula is C12H16N4O2. The minimum atomic E-state index is -0.326. The Morgan fingerprint density at radius 2 is 2.33 bits per heavy atom. The second-order valence-electron chi connectivity index (χ2n) is 3.65. The number of hydrogen-bond donors (Lipinski definition) is 2. The summed E-state index contributed by atoms with van der Waals surface area (Å²) in [6.07, 6.45) is 0. The van der Waals surface area contributed by atoms with E-state index in [1.165, 1.54) is 0 Å². The normalized spacial score (nSPS) is 9.61. The molecule has 0 unspecified atom stereocenters. The predicted molar refractivity (Wildman–Crippen MR) is 65.9 cm³/mol. The molecule has 0 aliphatic rings. The minimum Gasteiger partial charge on any atom is -0.482 e. The maximum absolute atomic E-state index is 11.3. The van der Waals surface area contributed by atoms with E-state index in [2.05, 4.69) is 15.6 Å². The summed E-state index contributed by atoms with van der Waals surface area (Å²) in [6.45, 7) is 2.32. The topological polar surface area (TPSA) is 87.0 Å². The summed E-state index contributed by atoms with van der Waals surface area (Å²) in [4.78, 5) is 15.6. The third-order valence-corrected chi connectivity index (χ3v) is 2.14. The van der Waals surface area contributed by atoms with Crippen molar-refractivity contribution in [2.75, 3.05) is 20.2 Å². The van der Waals surface area contributed by atoms with Crippen LogP contribution < -0.4 is 15.4 Å². The fraction of sp³-hybridized carbons (Fsp3) is 0.417. The maximum Gasteiger partial charge on any atom is 0.258 e. The number of pyridine rings is 1. The number of nitrogens with zero attached hydrogens (tertiary/aromatic N) is 2. The molecule has 0 aromatic carbocycles. The zero-order valence-corrected chi connectivity index (χ0v) is 10.5. The Morgan fingerprint density at radius 1 is 1.56 bits per heavy atom.